The summed E-state index contributed by atoms with van der Waals surface area (Å²) in [7, 11) is 0. The first-order valence-corrected chi connectivity index (χ1v) is 17.7. The number of nitrogens with one attached hydrogen (secondary N) is 2. The Kier molecular flexibility index (Phi) is 12.7. The van der Waals surface area contributed by atoms with Crippen LogP contribution in [0.4, 0.5) is 0 Å². The summed E-state index contributed by atoms with van der Waals surface area (Å²) in [5.74, 6) is 3.40. The second-order valence-electron chi connectivity index (χ2n) is 13.7. The van der Waals surface area contributed by atoms with E-state index in [4.69, 9.17) is 14.2 Å². The number of nitrogens with zero attached hydrogens (tertiary/aromatic N) is 4. The van der Waals surface area contributed by atoms with Gasteiger partial charge in [0.05, 0.1) is 19.8 Å². The molecule has 0 aliphatic carbocycles. The van der Waals surface area contributed by atoms with Crippen molar-refractivity contribution in [1.82, 2.24) is 30.2 Å². The third-order valence-electron chi connectivity index (χ3n) is 8.23. The lowest BCUT2D eigenvalue weighted by molar-refractivity contribution is 0.265. The fourth-order valence-electron chi connectivity index (χ4n) is 5.83. The van der Waals surface area contributed by atoms with Gasteiger partial charge in [-0.05, 0) is 103 Å². The molecule has 0 spiro atoms. The molecule has 0 saturated heterocycles. The third-order valence-corrected chi connectivity index (χ3v) is 8.23. The summed E-state index contributed by atoms with van der Waals surface area (Å²) in [5, 5.41) is 16.5. The maximum Gasteiger partial charge on any atom is 0.204 e. The van der Waals surface area contributed by atoms with E-state index >= 15 is 0 Å². The molecule has 0 atom stereocenters. The van der Waals surface area contributed by atoms with Gasteiger partial charge in [0.1, 0.15) is 17.2 Å². The summed E-state index contributed by atoms with van der Waals surface area (Å²) in [6, 6.07) is 22.6. The van der Waals surface area contributed by atoms with Crippen LogP contribution in [0, 0.1) is 5.41 Å². The van der Waals surface area contributed by atoms with Crippen LogP contribution in [0.1, 0.15) is 78.7 Å². The summed E-state index contributed by atoms with van der Waals surface area (Å²) in [6.45, 7) is 14.4. The molecular formula is C40H52N6O3. The zero-order valence-electron chi connectivity index (χ0n) is 29.8. The van der Waals surface area contributed by atoms with Crippen molar-refractivity contribution in [3.63, 3.8) is 0 Å². The van der Waals surface area contributed by atoms with Gasteiger partial charge in [-0.3, -0.25) is 0 Å². The van der Waals surface area contributed by atoms with Crippen molar-refractivity contribution in [3.8, 4) is 28.6 Å². The van der Waals surface area contributed by atoms with Gasteiger partial charge in [0, 0.05) is 51.9 Å². The van der Waals surface area contributed by atoms with Crippen LogP contribution >= 0.6 is 0 Å². The van der Waals surface area contributed by atoms with Crippen LogP contribution in [0.3, 0.4) is 0 Å². The number of tetrazole rings is 1. The van der Waals surface area contributed by atoms with Gasteiger partial charge in [-0.15, -0.1) is 10.2 Å². The Balaban J connectivity index is 0.000000259. The SMILES string of the molecule is CCCCCOc1ccc2[nH]ccc2c1.CCCc1c(OCCCCOc2ccc(-c3nn[nH]n3)cc2)ccc2c1ccn2CC(C)(C)C. The van der Waals surface area contributed by atoms with Gasteiger partial charge in [0.15, 0.2) is 0 Å². The number of aromatic amines is 2. The van der Waals surface area contributed by atoms with Crippen molar-refractivity contribution in [1.29, 1.82) is 0 Å². The smallest absolute Gasteiger partial charge is 0.204 e. The van der Waals surface area contributed by atoms with E-state index in [0.717, 1.165) is 73.6 Å². The summed E-state index contributed by atoms with van der Waals surface area (Å²) in [6.07, 6.45) is 11.8. The maximum absolute atomic E-state index is 6.23. The van der Waals surface area contributed by atoms with Crippen molar-refractivity contribution in [2.24, 2.45) is 5.41 Å². The molecule has 9 heteroatoms. The lowest BCUT2D eigenvalue weighted by Crippen LogP contribution is -2.14. The number of hydrogen-bond donors (Lipinski definition) is 2. The number of unbranched alkanes of at least 4 members (excludes halogenated alkanes) is 3. The molecule has 0 radical (unpaired) electrons. The molecule has 6 rings (SSSR count). The van der Waals surface area contributed by atoms with Gasteiger partial charge in [-0.2, -0.15) is 5.21 Å². The standard InChI is InChI=1S/C27H35N5O2.C13H17NO/c1-5-8-23-22-15-16-32(19-27(2,3)4)24(22)13-14-25(23)34-18-7-6-17-33-21-11-9-20(10-12-21)26-28-30-31-29-26;1-2-3-4-9-15-12-5-6-13-11(10-12)7-8-14-13/h9-16H,5-8,17-19H2,1-4H3,(H,28,29,30,31);5-8,10,14H,2-4,9H2,1H3. The first-order chi connectivity index (χ1) is 23.8. The van der Waals surface area contributed by atoms with Gasteiger partial charge in [0.2, 0.25) is 5.82 Å². The normalized spacial score (nSPS) is 11.4. The van der Waals surface area contributed by atoms with Crippen molar-refractivity contribution in [2.75, 3.05) is 19.8 Å². The minimum atomic E-state index is 0.240. The Hall–Kier alpha value is -4.79. The van der Waals surface area contributed by atoms with E-state index in [1.54, 1.807) is 0 Å². The molecule has 3 aromatic heterocycles. The molecule has 0 bridgehead atoms. The molecule has 3 aromatic carbocycles. The average molecular weight is 665 g/mol. The molecule has 0 amide bonds. The van der Waals surface area contributed by atoms with Crippen LogP contribution in [0.5, 0.6) is 17.2 Å². The Morgan fingerprint density at radius 3 is 2.20 bits per heavy atom. The Bertz CT molecular complexity index is 1830. The molecule has 3 heterocycles. The molecule has 0 aliphatic rings. The number of H-pyrrole nitrogens is 2. The zero-order chi connectivity index (χ0) is 34.5. The molecule has 0 unspecified atom stereocenters. The number of aromatic nitrogens is 6. The largest absolute Gasteiger partial charge is 0.494 e. The average Bonchev–Trinajstić information content (AvgIpc) is 3.88. The van der Waals surface area contributed by atoms with Crippen LogP contribution in [-0.4, -0.2) is 50.0 Å². The number of aryl methyl sites for hydroxylation is 1. The Labute approximate surface area is 290 Å². The van der Waals surface area contributed by atoms with Gasteiger partial charge in [0.25, 0.3) is 0 Å². The molecule has 2 N–H and O–H groups in total. The Morgan fingerprint density at radius 1 is 0.755 bits per heavy atom. The van der Waals surface area contributed by atoms with Gasteiger partial charge in [-0.1, -0.05) is 53.9 Å². The van der Waals surface area contributed by atoms with Crippen molar-refractivity contribution in [3.05, 3.63) is 84.7 Å². The summed E-state index contributed by atoms with van der Waals surface area (Å²) >= 11 is 0. The number of hydrogen-bond acceptors (Lipinski definition) is 6. The lowest BCUT2D eigenvalue weighted by atomic mass is 9.97. The number of benzene rings is 3. The van der Waals surface area contributed by atoms with Gasteiger partial charge < -0.3 is 23.8 Å². The Morgan fingerprint density at radius 2 is 1.49 bits per heavy atom. The molecule has 6 aromatic rings. The van der Waals surface area contributed by atoms with E-state index < -0.39 is 0 Å². The van der Waals surface area contributed by atoms with Crippen molar-refractivity contribution < 1.29 is 14.2 Å². The van der Waals surface area contributed by atoms with Crippen LogP contribution < -0.4 is 14.2 Å². The fraction of sp³-hybridized carbons (Fsp3) is 0.425. The van der Waals surface area contributed by atoms with E-state index in [2.05, 4.69) is 107 Å². The minimum absolute atomic E-state index is 0.240. The monoisotopic (exact) mass is 664 g/mol. The van der Waals surface area contributed by atoms with Crippen LogP contribution in [0.2, 0.25) is 0 Å². The number of ether oxygens (including phenoxy) is 3. The topological polar surface area (TPSA) is 103 Å². The first kappa shape index (κ1) is 35.5. The zero-order valence-corrected chi connectivity index (χ0v) is 29.8. The van der Waals surface area contributed by atoms with Crippen molar-refractivity contribution >= 4 is 21.8 Å². The molecular weight excluding hydrogens is 612 g/mol. The molecule has 260 valence electrons. The predicted octanol–water partition coefficient (Wildman–Crippen LogP) is 9.79. The van der Waals surface area contributed by atoms with Crippen LogP contribution in [-0.2, 0) is 13.0 Å². The number of fused-ring (bicyclic) bond motifs is 2. The molecule has 0 aliphatic heterocycles. The third kappa shape index (κ3) is 10.3. The molecule has 0 fully saturated rings. The first-order valence-electron chi connectivity index (χ1n) is 17.7. The quantitative estimate of drug-likeness (QED) is 0.0999. The van der Waals surface area contributed by atoms with E-state index in [9.17, 15) is 0 Å². The molecule has 9 nitrogen and oxygen atoms in total. The van der Waals surface area contributed by atoms with E-state index in [1.165, 1.54) is 34.7 Å². The molecule has 49 heavy (non-hydrogen) atoms. The maximum atomic E-state index is 6.23. The van der Waals surface area contributed by atoms with Crippen molar-refractivity contribution in [2.45, 2.75) is 86.1 Å². The number of rotatable bonds is 16. The highest BCUT2D eigenvalue weighted by Gasteiger charge is 2.16. The van der Waals surface area contributed by atoms with E-state index in [0.29, 0.717) is 19.0 Å². The van der Waals surface area contributed by atoms with Gasteiger partial charge in [-0.25, -0.2) is 0 Å². The van der Waals surface area contributed by atoms with Gasteiger partial charge >= 0.3 is 0 Å². The molecule has 0 saturated carbocycles. The summed E-state index contributed by atoms with van der Waals surface area (Å²) < 4.78 is 20.1. The summed E-state index contributed by atoms with van der Waals surface area (Å²) in [5.41, 5.74) is 4.93. The van der Waals surface area contributed by atoms with E-state index in [1.807, 2.05) is 36.5 Å². The van der Waals surface area contributed by atoms with Crippen LogP contribution in [0.15, 0.2) is 79.1 Å². The second kappa shape index (κ2) is 17.6. The minimum Gasteiger partial charge on any atom is -0.494 e. The van der Waals surface area contributed by atoms with E-state index in [-0.39, 0.29) is 5.41 Å². The highest BCUT2D eigenvalue weighted by atomic mass is 16.5. The fourth-order valence-corrected chi connectivity index (χ4v) is 5.83. The highest BCUT2D eigenvalue weighted by Crippen LogP contribution is 2.32. The highest BCUT2D eigenvalue weighted by molar-refractivity contribution is 5.86. The van der Waals surface area contributed by atoms with Crippen LogP contribution in [0.25, 0.3) is 33.2 Å². The second-order valence-corrected chi connectivity index (χ2v) is 13.7. The lowest BCUT2D eigenvalue weighted by Gasteiger charge is -2.20. The predicted molar refractivity (Wildman–Crippen MR) is 199 cm³/mol. The summed E-state index contributed by atoms with van der Waals surface area (Å²) in [4.78, 5) is 3.17.